The highest BCUT2D eigenvalue weighted by molar-refractivity contribution is 8.00. The van der Waals surface area contributed by atoms with Crippen LogP contribution in [0.5, 0.6) is 11.5 Å². The summed E-state index contributed by atoms with van der Waals surface area (Å²) in [5.41, 5.74) is 7.09. The Kier molecular flexibility index (Phi) is 3.91. The molecule has 0 saturated carbocycles. The van der Waals surface area contributed by atoms with E-state index in [1.54, 1.807) is 23.9 Å². The molecule has 2 aliphatic rings. The van der Waals surface area contributed by atoms with Gasteiger partial charge in [-0.15, -0.1) is 11.8 Å². The highest BCUT2D eigenvalue weighted by Gasteiger charge is 2.24. The summed E-state index contributed by atoms with van der Waals surface area (Å²) in [5.74, 6) is 2.36. The van der Waals surface area contributed by atoms with Gasteiger partial charge in [0.25, 0.3) is 0 Å². The molecular weight excluding hydrogens is 276 g/mol. The second-order valence-electron chi connectivity index (χ2n) is 4.93. The first-order valence-electron chi connectivity index (χ1n) is 6.85. The molecule has 1 aromatic rings. The SMILES string of the molecule is Nc1cc2c(cc1NC(=O)C1CCCS1)OCCCO2. The number of ether oxygens (including phenoxy) is 2. The number of thioether (sulfide) groups is 1. The predicted molar refractivity (Wildman–Crippen MR) is 80.6 cm³/mol. The van der Waals surface area contributed by atoms with Gasteiger partial charge in [-0.1, -0.05) is 0 Å². The highest BCUT2D eigenvalue weighted by Crippen LogP contribution is 2.37. The molecule has 3 N–H and O–H groups in total. The maximum Gasteiger partial charge on any atom is 0.237 e. The van der Waals surface area contributed by atoms with E-state index in [9.17, 15) is 4.79 Å². The number of benzene rings is 1. The summed E-state index contributed by atoms with van der Waals surface area (Å²) >= 11 is 1.70. The Bertz CT molecular complexity index is 515. The van der Waals surface area contributed by atoms with Gasteiger partial charge >= 0.3 is 0 Å². The maximum atomic E-state index is 12.1. The van der Waals surface area contributed by atoms with Gasteiger partial charge in [-0.25, -0.2) is 0 Å². The van der Waals surface area contributed by atoms with Gasteiger partial charge in [-0.2, -0.15) is 0 Å². The van der Waals surface area contributed by atoms with Crippen LogP contribution in [0.3, 0.4) is 0 Å². The second kappa shape index (κ2) is 5.83. The molecule has 5 nitrogen and oxygen atoms in total. The van der Waals surface area contributed by atoms with Crippen molar-refractivity contribution in [2.75, 3.05) is 30.0 Å². The van der Waals surface area contributed by atoms with Gasteiger partial charge in [0.2, 0.25) is 5.91 Å². The van der Waals surface area contributed by atoms with Crippen molar-refractivity contribution in [1.82, 2.24) is 0 Å². The fourth-order valence-corrected chi connectivity index (χ4v) is 3.49. The molecule has 1 amide bonds. The molecule has 6 heteroatoms. The van der Waals surface area contributed by atoms with Gasteiger partial charge in [0.1, 0.15) is 0 Å². The molecular formula is C14H18N2O3S. The molecule has 2 heterocycles. The number of nitrogens with one attached hydrogen (secondary N) is 1. The fraction of sp³-hybridized carbons (Fsp3) is 0.500. The normalized spacial score (nSPS) is 21.3. The summed E-state index contributed by atoms with van der Waals surface area (Å²) in [6.07, 6.45) is 2.87. The lowest BCUT2D eigenvalue weighted by Gasteiger charge is -2.15. The summed E-state index contributed by atoms with van der Waals surface area (Å²) < 4.78 is 11.2. The Balaban J connectivity index is 1.78. The number of rotatable bonds is 2. The number of nitrogen functional groups attached to an aromatic ring is 1. The average Bonchev–Trinajstić information content (AvgIpc) is 2.88. The quantitative estimate of drug-likeness (QED) is 0.819. The van der Waals surface area contributed by atoms with E-state index in [0.29, 0.717) is 36.1 Å². The van der Waals surface area contributed by atoms with Crippen LogP contribution in [0.1, 0.15) is 19.3 Å². The summed E-state index contributed by atoms with van der Waals surface area (Å²) in [6.45, 7) is 1.24. The van der Waals surface area contributed by atoms with Crippen LogP contribution in [0.25, 0.3) is 0 Å². The van der Waals surface area contributed by atoms with Crippen molar-refractivity contribution in [3.63, 3.8) is 0 Å². The minimum absolute atomic E-state index is 0.0219. The zero-order valence-corrected chi connectivity index (χ0v) is 12.0. The lowest BCUT2D eigenvalue weighted by atomic mass is 10.2. The van der Waals surface area contributed by atoms with Crippen molar-refractivity contribution in [1.29, 1.82) is 0 Å². The Hall–Kier alpha value is -1.56. The standard InChI is InChI=1S/C14H18N2O3S/c15-9-7-11-12(19-5-2-4-18-11)8-10(9)16-14(17)13-3-1-6-20-13/h7-8,13H,1-6,15H2,(H,16,17). The molecule has 1 atom stereocenters. The average molecular weight is 294 g/mol. The third-order valence-electron chi connectivity index (χ3n) is 3.40. The summed E-state index contributed by atoms with van der Waals surface area (Å²) in [6, 6.07) is 3.48. The molecule has 20 heavy (non-hydrogen) atoms. The van der Waals surface area contributed by atoms with Crippen LogP contribution in [0.15, 0.2) is 12.1 Å². The third-order valence-corrected chi connectivity index (χ3v) is 4.78. The second-order valence-corrected chi connectivity index (χ2v) is 6.24. The van der Waals surface area contributed by atoms with Crippen molar-refractivity contribution in [3.8, 4) is 11.5 Å². The van der Waals surface area contributed by atoms with Gasteiger partial charge in [0.05, 0.1) is 29.8 Å². The summed E-state index contributed by atoms with van der Waals surface area (Å²) in [7, 11) is 0. The van der Waals surface area contributed by atoms with Gasteiger partial charge < -0.3 is 20.5 Å². The van der Waals surface area contributed by atoms with Crippen LogP contribution in [-0.2, 0) is 4.79 Å². The van der Waals surface area contributed by atoms with Crippen LogP contribution in [-0.4, -0.2) is 30.1 Å². The molecule has 1 saturated heterocycles. The van der Waals surface area contributed by atoms with Crippen molar-refractivity contribution in [3.05, 3.63) is 12.1 Å². The minimum Gasteiger partial charge on any atom is -0.489 e. The number of carbonyl (C=O) groups excluding carboxylic acids is 1. The van der Waals surface area contributed by atoms with Crippen LogP contribution in [0.2, 0.25) is 0 Å². The van der Waals surface area contributed by atoms with E-state index >= 15 is 0 Å². The number of carbonyl (C=O) groups is 1. The number of amides is 1. The van der Waals surface area contributed by atoms with Gasteiger partial charge in [-0.3, -0.25) is 4.79 Å². The fourth-order valence-electron chi connectivity index (χ4n) is 2.33. The molecule has 0 bridgehead atoms. The van der Waals surface area contributed by atoms with Gasteiger partial charge in [0, 0.05) is 18.6 Å². The number of nitrogens with two attached hydrogens (primary N) is 1. The van der Waals surface area contributed by atoms with Crippen LogP contribution in [0, 0.1) is 0 Å². The van der Waals surface area contributed by atoms with Crippen LogP contribution in [0.4, 0.5) is 11.4 Å². The van der Waals surface area contributed by atoms with E-state index in [4.69, 9.17) is 15.2 Å². The van der Waals surface area contributed by atoms with Crippen molar-refractivity contribution < 1.29 is 14.3 Å². The zero-order valence-electron chi connectivity index (χ0n) is 11.2. The third kappa shape index (κ3) is 2.80. The molecule has 0 aromatic heterocycles. The number of anilines is 2. The lowest BCUT2D eigenvalue weighted by molar-refractivity contribution is -0.115. The van der Waals surface area contributed by atoms with Crippen molar-refractivity contribution >= 4 is 29.0 Å². The first-order valence-corrected chi connectivity index (χ1v) is 7.90. The van der Waals surface area contributed by atoms with E-state index < -0.39 is 0 Å². The molecule has 1 fully saturated rings. The monoisotopic (exact) mass is 294 g/mol. The van der Waals surface area contributed by atoms with Crippen molar-refractivity contribution in [2.24, 2.45) is 0 Å². The number of fused-ring (bicyclic) bond motifs is 1. The maximum absolute atomic E-state index is 12.1. The van der Waals surface area contributed by atoms with E-state index in [0.717, 1.165) is 25.0 Å². The van der Waals surface area contributed by atoms with E-state index in [2.05, 4.69) is 5.32 Å². The van der Waals surface area contributed by atoms with E-state index in [1.807, 2.05) is 0 Å². The first kappa shape index (κ1) is 13.4. The number of hydrogen-bond acceptors (Lipinski definition) is 5. The van der Waals surface area contributed by atoms with Gasteiger partial charge in [-0.05, 0) is 18.6 Å². The van der Waals surface area contributed by atoms with E-state index in [-0.39, 0.29) is 11.2 Å². The van der Waals surface area contributed by atoms with Crippen molar-refractivity contribution in [2.45, 2.75) is 24.5 Å². The molecule has 0 spiro atoms. The highest BCUT2D eigenvalue weighted by atomic mass is 32.2. The number of hydrogen-bond donors (Lipinski definition) is 2. The lowest BCUT2D eigenvalue weighted by Crippen LogP contribution is -2.23. The summed E-state index contributed by atoms with van der Waals surface area (Å²) in [4.78, 5) is 12.1. The molecule has 0 aliphatic carbocycles. The van der Waals surface area contributed by atoms with Crippen LogP contribution < -0.4 is 20.5 Å². The topological polar surface area (TPSA) is 73.6 Å². The van der Waals surface area contributed by atoms with Crippen LogP contribution >= 0.6 is 11.8 Å². The molecule has 1 aromatic carbocycles. The van der Waals surface area contributed by atoms with E-state index in [1.165, 1.54) is 0 Å². The molecule has 3 rings (SSSR count). The molecule has 2 aliphatic heterocycles. The molecule has 0 radical (unpaired) electrons. The first-order chi connectivity index (χ1) is 9.74. The Morgan fingerprint density at radius 1 is 1.25 bits per heavy atom. The predicted octanol–water partition coefficient (Wildman–Crippen LogP) is 2.26. The summed E-state index contributed by atoms with van der Waals surface area (Å²) in [5, 5.41) is 2.94. The van der Waals surface area contributed by atoms with Gasteiger partial charge in [0.15, 0.2) is 11.5 Å². The smallest absolute Gasteiger partial charge is 0.237 e. The Morgan fingerprint density at radius 2 is 2.00 bits per heavy atom. The molecule has 1 unspecified atom stereocenters. The Morgan fingerprint density at radius 3 is 2.70 bits per heavy atom. The molecule has 108 valence electrons. The minimum atomic E-state index is 0.0219. The largest absolute Gasteiger partial charge is 0.489 e. The Labute approximate surface area is 122 Å². The zero-order chi connectivity index (χ0) is 13.9.